The lowest BCUT2D eigenvalue weighted by atomic mass is 10.1. The number of halogens is 1. The minimum atomic E-state index is -0.198. The molecule has 3 nitrogen and oxygen atoms in total. The van der Waals surface area contributed by atoms with Crippen LogP contribution in [0.4, 0.5) is 4.39 Å². The normalized spacial score (nSPS) is 14.5. The van der Waals surface area contributed by atoms with Gasteiger partial charge in [0.25, 0.3) is 0 Å². The van der Waals surface area contributed by atoms with Crippen molar-refractivity contribution in [2.75, 3.05) is 13.3 Å². The Hall–Kier alpha value is -1.13. The molecule has 0 radical (unpaired) electrons. The van der Waals surface area contributed by atoms with Gasteiger partial charge in [0.05, 0.1) is 6.61 Å². The zero-order valence-electron chi connectivity index (χ0n) is 8.46. The number of benzene rings is 1. The molecule has 2 N–H and O–H groups in total. The third-order valence-electron chi connectivity index (χ3n) is 2.44. The Kier molecular flexibility index (Phi) is 3.18. The molecule has 1 aliphatic heterocycles. The van der Waals surface area contributed by atoms with Crippen LogP contribution in [0, 0.1) is 5.82 Å². The predicted octanol–water partition coefficient (Wildman–Crippen LogP) is 1.58. The summed E-state index contributed by atoms with van der Waals surface area (Å²) in [5.41, 5.74) is 6.83. The molecule has 0 unspecified atom stereocenters. The Morgan fingerprint density at radius 3 is 3.07 bits per heavy atom. The lowest BCUT2D eigenvalue weighted by Crippen LogP contribution is -2.12. The molecule has 0 amide bonds. The maximum absolute atomic E-state index is 13.5. The van der Waals surface area contributed by atoms with Crippen molar-refractivity contribution in [1.29, 1.82) is 0 Å². The molecule has 4 heteroatoms. The average Bonchev–Trinajstić information content (AvgIpc) is 2.26. The van der Waals surface area contributed by atoms with Gasteiger partial charge in [-0.05, 0) is 37.1 Å². The fourth-order valence-corrected chi connectivity index (χ4v) is 1.62. The third-order valence-corrected chi connectivity index (χ3v) is 2.44. The number of aryl methyl sites for hydroxylation is 1. The Morgan fingerprint density at radius 1 is 1.40 bits per heavy atom. The van der Waals surface area contributed by atoms with Gasteiger partial charge in [-0.3, -0.25) is 0 Å². The maximum Gasteiger partial charge on any atom is 0.189 e. The molecule has 2 rings (SSSR count). The summed E-state index contributed by atoms with van der Waals surface area (Å²) in [6, 6.07) is 3.24. The molecule has 0 aliphatic carbocycles. The molecular formula is C11H14FNO2. The molecule has 82 valence electrons. The van der Waals surface area contributed by atoms with Crippen LogP contribution in [0.1, 0.15) is 17.5 Å². The molecule has 1 heterocycles. The van der Waals surface area contributed by atoms with Gasteiger partial charge in [-0.15, -0.1) is 0 Å². The number of ether oxygens (including phenoxy) is 2. The van der Waals surface area contributed by atoms with E-state index in [0.29, 0.717) is 25.1 Å². The van der Waals surface area contributed by atoms with Crippen LogP contribution in [0.2, 0.25) is 0 Å². The summed E-state index contributed by atoms with van der Waals surface area (Å²) in [6.07, 6.45) is 1.44. The first kappa shape index (κ1) is 10.4. The van der Waals surface area contributed by atoms with Gasteiger partial charge in [0, 0.05) is 5.56 Å². The van der Waals surface area contributed by atoms with Crippen molar-refractivity contribution in [1.82, 2.24) is 0 Å². The summed E-state index contributed by atoms with van der Waals surface area (Å²) in [6.45, 7) is 1.23. The van der Waals surface area contributed by atoms with Gasteiger partial charge in [0.1, 0.15) is 11.6 Å². The summed E-state index contributed by atoms with van der Waals surface area (Å²) < 4.78 is 23.9. The van der Waals surface area contributed by atoms with E-state index >= 15 is 0 Å². The zero-order chi connectivity index (χ0) is 10.7. The van der Waals surface area contributed by atoms with E-state index in [2.05, 4.69) is 0 Å². The van der Waals surface area contributed by atoms with Crippen molar-refractivity contribution in [3.63, 3.8) is 0 Å². The highest BCUT2D eigenvalue weighted by molar-refractivity contribution is 5.39. The van der Waals surface area contributed by atoms with E-state index in [9.17, 15) is 4.39 Å². The van der Waals surface area contributed by atoms with Crippen LogP contribution in [0.5, 0.6) is 5.75 Å². The van der Waals surface area contributed by atoms with Gasteiger partial charge in [-0.1, -0.05) is 0 Å². The number of nitrogens with two attached hydrogens (primary N) is 1. The van der Waals surface area contributed by atoms with Crippen molar-refractivity contribution in [2.45, 2.75) is 19.4 Å². The molecule has 0 saturated carbocycles. The summed E-state index contributed by atoms with van der Waals surface area (Å²) in [5, 5.41) is 0. The highest BCUT2D eigenvalue weighted by Gasteiger charge is 2.14. The second-order valence-electron chi connectivity index (χ2n) is 3.55. The standard InChI is InChI=1S/C11H14FNO2/c12-10-4-9-6-14-7-15-11(9)5-8(10)2-1-3-13/h4-5H,1-3,6-7,13H2. The highest BCUT2D eigenvalue weighted by Crippen LogP contribution is 2.27. The molecule has 0 bridgehead atoms. The van der Waals surface area contributed by atoms with E-state index in [1.54, 1.807) is 6.07 Å². The molecule has 0 fully saturated rings. The Balaban J connectivity index is 2.24. The average molecular weight is 211 g/mol. The van der Waals surface area contributed by atoms with Crippen molar-refractivity contribution < 1.29 is 13.9 Å². The molecule has 1 aliphatic rings. The van der Waals surface area contributed by atoms with Crippen LogP contribution >= 0.6 is 0 Å². The Morgan fingerprint density at radius 2 is 2.27 bits per heavy atom. The molecule has 1 aromatic carbocycles. The van der Waals surface area contributed by atoms with E-state index in [-0.39, 0.29) is 12.6 Å². The maximum atomic E-state index is 13.5. The largest absolute Gasteiger partial charge is 0.467 e. The first-order valence-electron chi connectivity index (χ1n) is 5.03. The summed E-state index contributed by atoms with van der Waals surface area (Å²) in [7, 11) is 0. The molecule has 15 heavy (non-hydrogen) atoms. The minimum Gasteiger partial charge on any atom is -0.467 e. The lowest BCUT2D eigenvalue weighted by molar-refractivity contribution is -0.0166. The Labute approximate surface area is 88.0 Å². The van der Waals surface area contributed by atoms with Gasteiger partial charge in [-0.2, -0.15) is 0 Å². The molecular weight excluding hydrogens is 197 g/mol. The van der Waals surface area contributed by atoms with E-state index in [4.69, 9.17) is 15.2 Å². The first-order valence-corrected chi connectivity index (χ1v) is 5.03. The second kappa shape index (κ2) is 4.59. The van der Waals surface area contributed by atoms with Crippen LogP contribution in [0.25, 0.3) is 0 Å². The fraction of sp³-hybridized carbons (Fsp3) is 0.455. The lowest BCUT2D eigenvalue weighted by Gasteiger charge is -2.18. The zero-order valence-corrected chi connectivity index (χ0v) is 8.46. The Bertz CT molecular complexity index is 355. The van der Waals surface area contributed by atoms with Crippen molar-refractivity contribution in [2.24, 2.45) is 5.73 Å². The second-order valence-corrected chi connectivity index (χ2v) is 3.55. The summed E-state index contributed by atoms with van der Waals surface area (Å²) in [4.78, 5) is 0. The van der Waals surface area contributed by atoms with Gasteiger partial charge < -0.3 is 15.2 Å². The summed E-state index contributed by atoms with van der Waals surface area (Å²) >= 11 is 0. The number of hydrogen-bond acceptors (Lipinski definition) is 3. The minimum absolute atomic E-state index is 0.198. The third kappa shape index (κ3) is 2.27. The molecule has 0 spiro atoms. The van der Waals surface area contributed by atoms with Crippen LogP contribution in [0.15, 0.2) is 12.1 Å². The van der Waals surface area contributed by atoms with Gasteiger partial charge in [0.15, 0.2) is 6.79 Å². The fourth-order valence-electron chi connectivity index (χ4n) is 1.62. The smallest absolute Gasteiger partial charge is 0.189 e. The van der Waals surface area contributed by atoms with Crippen LogP contribution in [0.3, 0.4) is 0 Å². The molecule has 1 aromatic rings. The van der Waals surface area contributed by atoms with Crippen molar-refractivity contribution in [3.05, 3.63) is 29.1 Å². The van der Waals surface area contributed by atoms with Gasteiger partial charge >= 0.3 is 0 Å². The van der Waals surface area contributed by atoms with Crippen LogP contribution < -0.4 is 10.5 Å². The van der Waals surface area contributed by atoms with E-state index in [1.807, 2.05) is 0 Å². The topological polar surface area (TPSA) is 44.5 Å². The van der Waals surface area contributed by atoms with Crippen molar-refractivity contribution >= 4 is 0 Å². The number of fused-ring (bicyclic) bond motifs is 1. The molecule has 0 aromatic heterocycles. The first-order chi connectivity index (χ1) is 7.31. The SMILES string of the molecule is NCCCc1cc2c(cc1F)COCO2. The quantitative estimate of drug-likeness (QED) is 0.825. The van der Waals surface area contributed by atoms with Gasteiger partial charge in [0.2, 0.25) is 0 Å². The summed E-state index contributed by atoms with van der Waals surface area (Å²) in [5.74, 6) is 0.533. The van der Waals surface area contributed by atoms with Crippen molar-refractivity contribution in [3.8, 4) is 5.75 Å². The van der Waals surface area contributed by atoms with Crippen LogP contribution in [-0.2, 0) is 17.8 Å². The molecule has 0 atom stereocenters. The highest BCUT2D eigenvalue weighted by atomic mass is 19.1. The number of rotatable bonds is 3. The number of hydrogen-bond donors (Lipinski definition) is 1. The predicted molar refractivity (Wildman–Crippen MR) is 54.1 cm³/mol. The monoisotopic (exact) mass is 211 g/mol. The van der Waals surface area contributed by atoms with E-state index < -0.39 is 0 Å². The van der Waals surface area contributed by atoms with Gasteiger partial charge in [-0.25, -0.2) is 4.39 Å². The van der Waals surface area contributed by atoms with Crippen LogP contribution in [-0.4, -0.2) is 13.3 Å². The van der Waals surface area contributed by atoms with E-state index in [0.717, 1.165) is 17.7 Å². The van der Waals surface area contributed by atoms with E-state index in [1.165, 1.54) is 6.07 Å². The molecule has 0 saturated heterocycles.